The molecule has 0 radical (unpaired) electrons. The van der Waals surface area contributed by atoms with E-state index in [9.17, 15) is 4.70 Å². The summed E-state index contributed by atoms with van der Waals surface area (Å²) < 4.78 is 14.6. The third kappa shape index (κ3) is 1.44. The fourth-order valence-electron chi connectivity index (χ4n) is 0.740. The molecule has 0 amide bonds. The maximum absolute atomic E-state index is 9.90. The van der Waals surface area contributed by atoms with Crippen LogP contribution in [0.15, 0.2) is 24.3 Å². The van der Waals surface area contributed by atoms with Crippen molar-refractivity contribution in [2.75, 3.05) is 0 Å². The van der Waals surface area contributed by atoms with Crippen molar-refractivity contribution in [3.63, 3.8) is 0 Å². The molecule has 0 unspecified atom stereocenters. The molecule has 3 heteroatoms. The van der Waals surface area contributed by atoms with E-state index >= 15 is 0 Å². The Balaban J connectivity index is 2.91. The van der Waals surface area contributed by atoms with Crippen molar-refractivity contribution < 1.29 is 9.36 Å². The molecule has 50 valence electrons. The molecule has 0 saturated carbocycles. The van der Waals surface area contributed by atoms with Crippen molar-refractivity contribution in [3.8, 4) is 5.75 Å². The fraction of sp³-hybridized carbons (Fsp3) is 0.143. The zero-order valence-corrected chi connectivity index (χ0v) is 5.70. The first-order chi connectivity index (χ1) is 4.84. The van der Waals surface area contributed by atoms with Gasteiger partial charge in [-0.05, 0) is 0 Å². The molecular weight excluding hydrogens is 127 g/mol. The summed E-state index contributed by atoms with van der Waals surface area (Å²) in [5, 5.41) is 0. The van der Waals surface area contributed by atoms with Gasteiger partial charge in [0.05, 0.1) is 0 Å². The van der Waals surface area contributed by atoms with Crippen LogP contribution in [0.25, 0.3) is 0 Å². The minimum absolute atomic E-state index is 0.433. The first-order valence-corrected chi connectivity index (χ1v) is 3.00. The van der Waals surface area contributed by atoms with Crippen LogP contribution in [0, 0.1) is 6.92 Å². The van der Waals surface area contributed by atoms with Crippen LogP contribution in [0.2, 0.25) is 0 Å². The summed E-state index contributed by atoms with van der Waals surface area (Å²) in [5.74, 6) is 0.623. The molecular formula is C7H7BO2. The second-order valence-corrected chi connectivity index (χ2v) is 1.98. The number of benzene rings is 1. The molecule has 0 aliphatic heterocycles. The zero-order chi connectivity index (χ0) is 7.40. The molecule has 0 aliphatic carbocycles. The number of para-hydroxylation sites is 1. The van der Waals surface area contributed by atoms with Gasteiger partial charge in [-0.25, -0.2) is 0 Å². The normalized spacial score (nSPS) is 8.50. The SMILES string of the molecule is Cc1ccccc1OB=O. The van der Waals surface area contributed by atoms with Gasteiger partial charge in [0.2, 0.25) is 0 Å². The molecule has 0 bridgehead atoms. The van der Waals surface area contributed by atoms with Gasteiger partial charge in [0, 0.05) is 0 Å². The number of rotatable bonds is 2. The van der Waals surface area contributed by atoms with Gasteiger partial charge >= 0.3 is 59.2 Å². The van der Waals surface area contributed by atoms with Crippen LogP contribution < -0.4 is 4.65 Å². The van der Waals surface area contributed by atoms with Gasteiger partial charge in [-0.2, -0.15) is 0 Å². The average molecular weight is 134 g/mol. The van der Waals surface area contributed by atoms with Crippen LogP contribution in [0.5, 0.6) is 5.75 Å². The number of hydrogen-bond donors (Lipinski definition) is 0. The van der Waals surface area contributed by atoms with E-state index < -0.39 is 0 Å². The predicted molar refractivity (Wildman–Crippen MR) is 38.2 cm³/mol. The third-order valence-electron chi connectivity index (χ3n) is 1.27. The van der Waals surface area contributed by atoms with E-state index in [-0.39, 0.29) is 0 Å². The quantitative estimate of drug-likeness (QED) is 0.570. The maximum atomic E-state index is 9.90. The summed E-state index contributed by atoms with van der Waals surface area (Å²) in [5.41, 5.74) is 0.967. The first-order valence-electron chi connectivity index (χ1n) is 3.00. The van der Waals surface area contributed by atoms with E-state index in [0.29, 0.717) is 13.1 Å². The second-order valence-electron chi connectivity index (χ2n) is 1.98. The van der Waals surface area contributed by atoms with Crippen molar-refractivity contribution in [2.45, 2.75) is 6.92 Å². The Bertz CT molecular complexity index is 235. The molecule has 0 aliphatic rings. The summed E-state index contributed by atoms with van der Waals surface area (Å²) in [6.45, 7) is 1.89. The van der Waals surface area contributed by atoms with E-state index in [1.54, 1.807) is 6.07 Å². The van der Waals surface area contributed by atoms with Gasteiger partial charge in [0.15, 0.2) is 0 Å². The average Bonchev–Trinajstić information content (AvgIpc) is 1.94. The van der Waals surface area contributed by atoms with Gasteiger partial charge in [-0.1, -0.05) is 0 Å². The van der Waals surface area contributed by atoms with Crippen LogP contribution in [0.3, 0.4) is 0 Å². The Morgan fingerprint density at radius 3 is 2.70 bits per heavy atom. The third-order valence-corrected chi connectivity index (χ3v) is 1.27. The first kappa shape index (κ1) is 7.00. The molecule has 0 N–H and O–H groups in total. The van der Waals surface area contributed by atoms with Crippen LogP contribution in [-0.2, 0) is 4.70 Å². The summed E-state index contributed by atoms with van der Waals surface area (Å²) in [6, 6.07) is 7.36. The fourth-order valence-corrected chi connectivity index (χ4v) is 0.740. The Labute approximate surface area is 60.1 Å². The van der Waals surface area contributed by atoms with E-state index in [0.717, 1.165) is 5.56 Å². The monoisotopic (exact) mass is 134 g/mol. The zero-order valence-electron chi connectivity index (χ0n) is 5.70. The minimum atomic E-state index is 0.433. The second kappa shape index (κ2) is 3.15. The molecule has 0 fully saturated rings. The van der Waals surface area contributed by atoms with Crippen molar-refractivity contribution in [2.24, 2.45) is 0 Å². The standard InChI is InChI=1S/C7H7BO2/c1-6-4-2-3-5-7(6)10-8-9/h2-5H,1H3. The molecule has 1 rings (SSSR count). The van der Waals surface area contributed by atoms with Crippen LogP contribution in [0.4, 0.5) is 0 Å². The van der Waals surface area contributed by atoms with E-state index in [2.05, 4.69) is 4.65 Å². The molecule has 0 aromatic heterocycles. The molecule has 0 atom stereocenters. The molecule has 1 aromatic carbocycles. The Morgan fingerprint density at radius 1 is 1.40 bits per heavy atom. The van der Waals surface area contributed by atoms with Crippen molar-refractivity contribution in [3.05, 3.63) is 29.8 Å². The van der Waals surface area contributed by atoms with Crippen LogP contribution in [-0.4, -0.2) is 7.35 Å². The van der Waals surface area contributed by atoms with Crippen LogP contribution >= 0.6 is 0 Å². The molecule has 0 spiro atoms. The van der Waals surface area contributed by atoms with E-state index in [4.69, 9.17) is 0 Å². The number of hydrogen-bond acceptors (Lipinski definition) is 2. The van der Waals surface area contributed by atoms with Gasteiger partial charge in [-0.15, -0.1) is 0 Å². The van der Waals surface area contributed by atoms with Gasteiger partial charge in [0.1, 0.15) is 0 Å². The predicted octanol–water partition coefficient (Wildman–Crippen LogP) is 1.34. The summed E-state index contributed by atoms with van der Waals surface area (Å²) >= 11 is 0. The topological polar surface area (TPSA) is 26.3 Å². The van der Waals surface area contributed by atoms with E-state index in [1.807, 2.05) is 25.1 Å². The summed E-state index contributed by atoms with van der Waals surface area (Å²) in [4.78, 5) is 0. The Kier molecular flexibility index (Phi) is 2.21. The molecule has 0 heterocycles. The van der Waals surface area contributed by atoms with Gasteiger partial charge in [0.25, 0.3) is 0 Å². The van der Waals surface area contributed by atoms with Gasteiger partial charge in [-0.3, -0.25) is 0 Å². The molecule has 1 aromatic rings. The summed E-state index contributed by atoms with van der Waals surface area (Å²) in [7, 11) is 0.433. The van der Waals surface area contributed by atoms with Crippen molar-refractivity contribution in [1.29, 1.82) is 0 Å². The van der Waals surface area contributed by atoms with Crippen molar-refractivity contribution in [1.82, 2.24) is 0 Å². The van der Waals surface area contributed by atoms with Crippen molar-refractivity contribution >= 4 is 7.35 Å². The molecule has 10 heavy (non-hydrogen) atoms. The Morgan fingerprint density at radius 2 is 2.10 bits per heavy atom. The summed E-state index contributed by atoms with van der Waals surface area (Å²) in [6.07, 6.45) is 0. The molecule has 0 saturated heterocycles. The number of aryl methyl sites for hydroxylation is 1. The van der Waals surface area contributed by atoms with Gasteiger partial charge < -0.3 is 0 Å². The Hall–Kier alpha value is -1.12. The molecule has 2 nitrogen and oxygen atoms in total. The van der Waals surface area contributed by atoms with Crippen LogP contribution in [0.1, 0.15) is 5.56 Å². The van der Waals surface area contributed by atoms with E-state index in [1.165, 1.54) is 0 Å².